The molecule has 1 aliphatic rings. The fourth-order valence-corrected chi connectivity index (χ4v) is 2.60. The fraction of sp³-hybridized carbons (Fsp3) is 0.533. The smallest absolute Gasteiger partial charge is 0.0991 e. The molecule has 1 aromatic rings. The van der Waals surface area contributed by atoms with Gasteiger partial charge in [-0.05, 0) is 43.7 Å². The Morgan fingerprint density at radius 1 is 1.28 bits per heavy atom. The molecule has 1 fully saturated rings. The van der Waals surface area contributed by atoms with Crippen molar-refractivity contribution in [3.05, 3.63) is 29.8 Å². The molecule has 3 nitrogen and oxygen atoms in total. The number of rotatable bonds is 3. The van der Waals surface area contributed by atoms with E-state index in [1.165, 1.54) is 31.6 Å². The van der Waals surface area contributed by atoms with Crippen LogP contribution in [0.15, 0.2) is 24.3 Å². The Balaban J connectivity index is 1.98. The van der Waals surface area contributed by atoms with Gasteiger partial charge >= 0.3 is 0 Å². The van der Waals surface area contributed by atoms with E-state index in [1.807, 2.05) is 24.3 Å². The molecule has 3 heteroatoms. The Labute approximate surface area is 110 Å². The average molecular weight is 243 g/mol. The van der Waals surface area contributed by atoms with Crippen molar-refractivity contribution in [1.82, 2.24) is 4.90 Å². The minimum atomic E-state index is 0.626. The monoisotopic (exact) mass is 243 g/mol. The molecule has 0 atom stereocenters. The summed E-state index contributed by atoms with van der Waals surface area (Å²) in [7, 11) is 2.16. The van der Waals surface area contributed by atoms with Gasteiger partial charge in [-0.1, -0.05) is 6.92 Å². The van der Waals surface area contributed by atoms with Crippen LogP contribution in [-0.2, 0) is 0 Å². The summed E-state index contributed by atoms with van der Waals surface area (Å²) in [5.41, 5.74) is 1.94. The molecular formula is C15H21N3. The van der Waals surface area contributed by atoms with Crippen LogP contribution in [0, 0.1) is 11.3 Å². The highest BCUT2D eigenvalue weighted by molar-refractivity contribution is 5.49. The number of likely N-dealkylation sites (tertiary alicyclic amines) is 1. The van der Waals surface area contributed by atoms with Crippen LogP contribution >= 0.6 is 0 Å². The highest BCUT2D eigenvalue weighted by atomic mass is 15.2. The van der Waals surface area contributed by atoms with E-state index in [9.17, 15) is 0 Å². The minimum Gasteiger partial charge on any atom is -0.372 e. The highest BCUT2D eigenvalue weighted by Crippen LogP contribution is 2.22. The zero-order chi connectivity index (χ0) is 13.0. The lowest BCUT2D eigenvalue weighted by Gasteiger charge is -2.37. The van der Waals surface area contributed by atoms with Crippen molar-refractivity contribution >= 4 is 5.69 Å². The van der Waals surface area contributed by atoms with Crippen molar-refractivity contribution in [3.63, 3.8) is 0 Å². The Morgan fingerprint density at radius 2 is 1.89 bits per heavy atom. The second-order valence-electron chi connectivity index (χ2n) is 4.94. The summed E-state index contributed by atoms with van der Waals surface area (Å²) >= 11 is 0. The number of anilines is 1. The predicted molar refractivity (Wildman–Crippen MR) is 74.7 cm³/mol. The first kappa shape index (κ1) is 12.9. The lowest BCUT2D eigenvalue weighted by molar-refractivity contribution is 0.221. The van der Waals surface area contributed by atoms with Gasteiger partial charge in [0.05, 0.1) is 11.6 Å². The molecule has 0 saturated carbocycles. The lowest BCUT2D eigenvalue weighted by Crippen LogP contribution is -2.43. The number of benzene rings is 1. The Kier molecular flexibility index (Phi) is 4.22. The summed E-state index contributed by atoms with van der Waals surface area (Å²) in [6.45, 7) is 5.78. The van der Waals surface area contributed by atoms with Crippen molar-refractivity contribution in [2.24, 2.45) is 0 Å². The third-order valence-electron chi connectivity index (χ3n) is 3.96. The number of piperidine rings is 1. The highest BCUT2D eigenvalue weighted by Gasteiger charge is 2.21. The number of nitriles is 1. The summed E-state index contributed by atoms with van der Waals surface area (Å²) in [6, 6.07) is 10.7. The molecule has 1 aliphatic heterocycles. The van der Waals surface area contributed by atoms with E-state index in [4.69, 9.17) is 5.26 Å². The van der Waals surface area contributed by atoms with E-state index >= 15 is 0 Å². The van der Waals surface area contributed by atoms with E-state index < -0.39 is 0 Å². The SMILES string of the molecule is CCN1CCC(N(C)c2ccc(C#N)cc2)CC1. The van der Waals surface area contributed by atoms with Gasteiger partial charge in [0, 0.05) is 31.9 Å². The maximum Gasteiger partial charge on any atom is 0.0991 e. The number of hydrogen-bond acceptors (Lipinski definition) is 3. The molecule has 2 rings (SSSR count). The van der Waals surface area contributed by atoms with E-state index in [2.05, 4.69) is 29.8 Å². The first-order valence-corrected chi connectivity index (χ1v) is 6.70. The summed E-state index contributed by atoms with van der Waals surface area (Å²) in [4.78, 5) is 4.86. The normalized spacial score (nSPS) is 17.4. The summed E-state index contributed by atoms with van der Waals surface area (Å²) < 4.78 is 0. The van der Waals surface area contributed by atoms with Crippen molar-refractivity contribution in [1.29, 1.82) is 5.26 Å². The molecule has 1 aromatic carbocycles. The van der Waals surface area contributed by atoms with Gasteiger partial charge in [-0.2, -0.15) is 5.26 Å². The number of hydrogen-bond donors (Lipinski definition) is 0. The molecule has 1 saturated heterocycles. The third kappa shape index (κ3) is 2.83. The minimum absolute atomic E-state index is 0.626. The molecule has 0 amide bonds. The van der Waals surface area contributed by atoms with Crippen LogP contribution in [0.25, 0.3) is 0 Å². The molecule has 0 aliphatic carbocycles. The van der Waals surface area contributed by atoms with E-state index in [0.29, 0.717) is 6.04 Å². The first-order valence-electron chi connectivity index (χ1n) is 6.70. The molecule has 0 spiro atoms. The topological polar surface area (TPSA) is 30.3 Å². The molecule has 96 valence electrons. The van der Waals surface area contributed by atoms with E-state index in [-0.39, 0.29) is 0 Å². The van der Waals surface area contributed by atoms with Crippen molar-refractivity contribution in [3.8, 4) is 6.07 Å². The zero-order valence-corrected chi connectivity index (χ0v) is 11.3. The van der Waals surface area contributed by atoms with Gasteiger partial charge in [-0.3, -0.25) is 0 Å². The second kappa shape index (κ2) is 5.88. The predicted octanol–water partition coefficient (Wildman–Crippen LogP) is 2.48. The quantitative estimate of drug-likeness (QED) is 0.817. The van der Waals surface area contributed by atoms with Crippen LogP contribution in [0.2, 0.25) is 0 Å². The first-order chi connectivity index (χ1) is 8.74. The molecule has 0 N–H and O–H groups in total. The van der Waals surface area contributed by atoms with E-state index in [1.54, 1.807) is 0 Å². The van der Waals surface area contributed by atoms with Gasteiger partial charge in [0.1, 0.15) is 0 Å². The molecule has 0 radical (unpaired) electrons. The molecule has 0 aromatic heterocycles. The number of nitrogens with zero attached hydrogens (tertiary/aromatic N) is 3. The Morgan fingerprint density at radius 3 is 2.39 bits per heavy atom. The van der Waals surface area contributed by atoms with Crippen molar-refractivity contribution in [2.75, 3.05) is 31.6 Å². The van der Waals surface area contributed by atoms with Crippen molar-refractivity contribution < 1.29 is 0 Å². The maximum atomic E-state index is 8.80. The van der Waals surface area contributed by atoms with Gasteiger partial charge in [0.2, 0.25) is 0 Å². The fourth-order valence-electron chi connectivity index (χ4n) is 2.60. The van der Waals surface area contributed by atoms with Crippen LogP contribution in [0.5, 0.6) is 0 Å². The van der Waals surface area contributed by atoms with Gasteiger partial charge in [0.15, 0.2) is 0 Å². The maximum absolute atomic E-state index is 8.80. The molecule has 18 heavy (non-hydrogen) atoms. The second-order valence-corrected chi connectivity index (χ2v) is 4.94. The van der Waals surface area contributed by atoms with Crippen LogP contribution < -0.4 is 4.90 Å². The van der Waals surface area contributed by atoms with Crippen molar-refractivity contribution in [2.45, 2.75) is 25.8 Å². The van der Waals surface area contributed by atoms with Crippen LogP contribution in [-0.4, -0.2) is 37.6 Å². The summed E-state index contributed by atoms with van der Waals surface area (Å²) in [6.07, 6.45) is 2.45. The zero-order valence-electron chi connectivity index (χ0n) is 11.3. The van der Waals surface area contributed by atoms with Gasteiger partial charge < -0.3 is 9.80 Å². The Bertz CT molecular complexity index is 410. The molecular weight excluding hydrogens is 222 g/mol. The molecule has 1 heterocycles. The van der Waals surface area contributed by atoms with Crippen LogP contribution in [0.1, 0.15) is 25.3 Å². The third-order valence-corrected chi connectivity index (χ3v) is 3.96. The van der Waals surface area contributed by atoms with E-state index in [0.717, 1.165) is 12.1 Å². The average Bonchev–Trinajstić information content (AvgIpc) is 2.47. The standard InChI is InChI=1S/C15H21N3/c1-3-18-10-8-15(9-11-18)17(2)14-6-4-13(12-16)5-7-14/h4-7,15H,3,8-11H2,1-2H3. The molecule has 0 bridgehead atoms. The lowest BCUT2D eigenvalue weighted by atomic mass is 10.0. The van der Waals surface area contributed by atoms with Crippen LogP contribution in [0.3, 0.4) is 0 Å². The van der Waals surface area contributed by atoms with Gasteiger partial charge in [-0.15, -0.1) is 0 Å². The summed E-state index contributed by atoms with van der Waals surface area (Å²) in [5.74, 6) is 0. The largest absolute Gasteiger partial charge is 0.372 e. The molecule has 0 unspecified atom stereocenters. The van der Waals surface area contributed by atoms with Crippen LogP contribution in [0.4, 0.5) is 5.69 Å². The van der Waals surface area contributed by atoms with Gasteiger partial charge in [0.25, 0.3) is 0 Å². The summed E-state index contributed by atoms with van der Waals surface area (Å²) in [5, 5.41) is 8.80. The van der Waals surface area contributed by atoms with Gasteiger partial charge in [-0.25, -0.2) is 0 Å². The Hall–Kier alpha value is -1.53.